The van der Waals surface area contributed by atoms with Crippen molar-refractivity contribution in [2.24, 2.45) is 11.8 Å². The highest BCUT2D eigenvalue weighted by molar-refractivity contribution is 6.36. The largest absolute Gasteiger partial charge is 0.462 e. The van der Waals surface area contributed by atoms with Gasteiger partial charge < -0.3 is 29.5 Å². The summed E-state index contributed by atoms with van der Waals surface area (Å²) in [6.45, 7) is 10.6. The Labute approximate surface area is 271 Å². The molecule has 240 valence electrons. The highest BCUT2D eigenvalue weighted by Gasteiger charge is 2.44. The Balaban J connectivity index is 1.17. The van der Waals surface area contributed by atoms with Gasteiger partial charge in [0.25, 0.3) is 0 Å². The Bertz CT molecular complexity index is 1560. The van der Waals surface area contributed by atoms with Crippen molar-refractivity contribution in [2.45, 2.75) is 77.1 Å². The van der Waals surface area contributed by atoms with Gasteiger partial charge in [-0.1, -0.05) is 35.9 Å². The highest BCUT2D eigenvalue weighted by atomic mass is 35.5. The van der Waals surface area contributed by atoms with Gasteiger partial charge in [-0.05, 0) is 95.8 Å². The number of nitrogens with one attached hydrogen (secondary N) is 1. The van der Waals surface area contributed by atoms with Crippen LogP contribution in [0, 0.1) is 11.8 Å². The van der Waals surface area contributed by atoms with Crippen molar-refractivity contribution < 1.29 is 14.3 Å². The second kappa shape index (κ2) is 12.1. The Kier molecular flexibility index (Phi) is 8.19. The fourth-order valence-electron chi connectivity index (χ4n) is 7.90. The zero-order valence-electron chi connectivity index (χ0n) is 26.9. The van der Waals surface area contributed by atoms with Crippen molar-refractivity contribution in [3.8, 4) is 6.01 Å². The fourth-order valence-corrected chi connectivity index (χ4v) is 8.17. The highest BCUT2D eigenvalue weighted by Crippen LogP contribution is 2.42. The minimum Gasteiger partial charge on any atom is -0.462 e. The minimum atomic E-state index is -0.515. The number of anilines is 2. The summed E-state index contributed by atoms with van der Waals surface area (Å²) in [5, 5.41) is 6.19. The van der Waals surface area contributed by atoms with Gasteiger partial charge >= 0.3 is 12.1 Å². The summed E-state index contributed by atoms with van der Waals surface area (Å²) in [7, 11) is 2.17. The average molecular weight is 633 g/mol. The van der Waals surface area contributed by atoms with Crippen LogP contribution in [0.2, 0.25) is 5.02 Å². The summed E-state index contributed by atoms with van der Waals surface area (Å²) in [6, 6.07) is 13.4. The van der Waals surface area contributed by atoms with E-state index < -0.39 is 5.60 Å². The summed E-state index contributed by atoms with van der Waals surface area (Å²) in [5.41, 5.74) is 2.84. The maximum Gasteiger partial charge on any atom is 0.407 e. The van der Waals surface area contributed by atoms with E-state index in [9.17, 15) is 4.79 Å². The van der Waals surface area contributed by atoms with Crippen molar-refractivity contribution in [2.75, 3.05) is 49.6 Å². The van der Waals surface area contributed by atoms with Gasteiger partial charge in [0, 0.05) is 48.4 Å². The molecule has 1 aliphatic carbocycles. The van der Waals surface area contributed by atoms with Gasteiger partial charge in [-0.2, -0.15) is 9.97 Å². The Morgan fingerprint density at radius 2 is 1.78 bits per heavy atom. The van der Waals surface area contributed by atoms with Crippen LogP contribution in [-0.4, -0.2) is 78.5 Å². The number of halogens is 1. The van der Waals surface area contributed by atoms with Crippen LogP contribution in [0.4, 0.5) is 16.3 Å². The summed E-state index contributed by atoms with van der Waals surface area (Å²) in [6.07, 6.45) is 5.01. The third kappa shape index (κ3) is 6.26. The van der Waals surface area contributed by atoms with Gasteiger partial charge in [-0.3, -0.25) is 0 Å². The first-order chi connectivity index (χ1) is 21.6. The first kappa shape index (κ1) is 30.4. The second-order valence-electron chi connectivity index (χ2n) is 14.3. The molecular weight excluding hydrogens is 588 g/mol. The predicted octanol–water partition coefficient (Wildman–Crippen LogP) is 6.06. The molecule has 45 heavy (non-hydrogen) atoms. The standard InChI is InChI=1S/C35H45ClN6O3/c1-35(2,3)45-34(43)38-31-23-13-14-24(31)19-42(18-23)32-26-15-17-41(29-12-6-9-22-8-5-11-27(36)30(22)29)20-28(26)37-33(39-32)44-21-25-10-7-16-40(25)4/h5-6,8-9,11-12,23-25,31H,7,10,13-21H2,1-4H3,(H,38,43)/t23-,24+,25-,31-/m0/s1. The number of hydrogen-bond donors (Lipinski definition) is 1. The maximum absolute atomic E-state index is 12.7. The van der Waals surface area contributed by atoms with Crippen LogP contribution in [0.25, 0.3) is 10.8 Å². The molecular formula is C35H45ClN6O3. The molecule has 0 unspecified atom stereocenters. The van der Waals surface area contributed by atoms with E-state index in [2.05, 4.69) is 51.3 Å². The lowest BCUT2D eigenvalue weighted by molar-refractivity contribution is 0.0472. The van der Waals surface area contributed by atoms with Crippen LogP contribution in [0.3, 0.4) is 0 Å². The number of aromatic nitrogens is 2. The number of alkyl carbamates (subject to hydrolysis) is 1. The van der Waals surface area contributed by atoms with Crippen LogP contribution in [-0.2, 0) is 17.7 Å². The molecule has 4 atom stereocenters. The molecule has 3 aromatic rings. The van der Waals surface area contributed by atoms with Crippen LogP contribution >= 0.6 is 11.6 Å². The maximum atomic E-state index is 12.7. The van der Waals surface area contributed by atoms with Gasteiger partial charge in [-0.15, -0.1) is 0 Å². The van der Waals surface area contributed by atoms with Crippen molar-refractivity contribution in [3.05, 3.63) is 52.7 Å². The molecule has 9 nitrogen and oxygen atoms in total. The van der Waals surface area contributed by atoms with E-state index >= 15 is 0 Å². The number of benzene rings is 2. The number of amides is 1. The Hall–Kier alpha value is -3.30. The average Bonchev–Trinajstić information content (AvgIpc) is 3.50. The van der Waals surface area contributed by atoms with Gasteiger partial charge in [0.05, 0.1) is 17.3 Å². The molecule has 4 heterocycles. The molecule has 1 N–H and O–H groups in total. The van der Waals surface area contributed by atoms with Crippen LogP contribution in [0.1, 0.15) is 57.7 Å². The monoisotopic (exact) mass is 632 g/mol. The lowest BCUT2D eigenvalue weighted by atomic mass is 9.91. The summed E-state index contributed by atoms with van der Waals surface area (Å²) >= 11 is 6.74. The Morgan fingerprint density at radius 3 is 2.49 bits per heavy atom. The van der Waals surface area contributed by atoms with Crippen LogP contribution < -0.4 is 19.9 Å². The Morgan fingerprint density at radius 1 is 1.02 bits per heavy atom. The number of piperidine rings is 1. The van der Waals surface area contributed by atoms with Crippen molar-refractivity contribution >= 4 is 40.0 Å². The normalized spacial score (nSPS) is 25.0. The number of fused-ring (bicyclic) bond motifs is 4. The molecule has 1 aromatic heterocycles. The zero-order valence-corrected chi connectivity index (χ0v) is 27.6. The predicted molar refractivity (Wildman–Crippen MR) is 178 cm³/mol. The van der Waals surface area contributed by atoms with Crippen LogP contribution in [0.15, 0.2) is 36.4 Å². The summed E-state index contributed by atoms with van der Waals surface area (Å²) in [4.78, 5) is 30.0. The van der Waals surface area contributed by atoms with Crippen LogP contribution in [0.5, 0.6) is 6.01 Å². The number of carbonyl (C=O) groups excluding carboxylic acids is 1. The molecule has 3 fully saturated rings. The molecule has 2 saturated heterocycles. The van der Waals surface area contributed by atoms with E-state index in [0.717, 1.165) is 84.9 Å². The van der Waals surface area contributed by atoms with Gasteiger partial charge in [0.1, 0.15) is 18.0 Å². The van der Waals surface area contributed by atoms with Crippen molar-refractivity contribution in [3.63, 3.8) is 0 Å². The quantitative estimate of drug-likeness (QED) is 0.351. The van der Waals surface area contributed by atoms with E-state index in [1.54, 1.807) is 0 Å². The van der Waals surface area contributed by atoms with E-state index in [-0.39, 0.29) is 12.1 Å². The first-order valence-corrected chi connectivity index (χ1v) is 16.9. The molecule has 2 aromatic carbocycles. The van der Waals surface area contributed by atoms with Crippen molar-refractivity contribution in [1.82, 2.24) is 20.2 Å². The molecule has 1 amide bonds. The minimum absolute atomic E-state index is 0.119. The zero-order chi connectivity index (χ0) is 31.3. The number of carbonyl (C=O) groups is 1. The molecule has 10 heteroatoms. The molecule has 7 rings (SSSR count). The van der Waals surface area contributed by atoms with E-state index in [4.69, 9.17) is 31.0 Å². The number of rotatable bonds is 6. The molecule has 4 aliphatic rings. The third-order valence-electron chi connectivity index (χ3n) is 10.1. The number of likely N-dealkylation sites (N-methyl/N-ethyl adjacent to an activating group) is 1. The smallest absolute Gasteiger partial charge is 0.407 e. The van der Waals surface area contributed by atoms with Crippen molar-refractivity contribution in [1.29, 1.82) is 0 Å². The number of likely N-dealkylation sites (tertiary alicyclic amines) is 1. The summed E-state index contributed by atoms with van der Waals surface area (Å²) in [5.74, 6) is 1.69. The molecule has 3 aliphatic heterocycles. The molecule has 0 radical (unpaired) electrons. The SMILES string of the molecule is CN1CCC[C@H]1COc1nc2c(c(N3C[C@H]4CC[C@@H](C3)[C@@H]4NC(=O)OC(C)(C)C)n1)CCN(c1cccc3cccc(Cl)c13)C2. The fraction of sp³-hybridized carbons (Fsp3) is 0.571. The van der Waals surface area contributed by atoms with Gasteiger partial charge in [0.2, 0.25) is 0 Å². The molecule has 0 spiro atoms. The molecule has 2 bridgehead atoms. The first-order valence-electron chi connectivity index (χ1n) is 16.5. The molecule has 1 saturated carbocycles. The lowest BCUT2D eigenvalue weighted by Gasteiger charge is -2.41. The van der Waals surface area contributed by atoms with E-state index in [1.807, 2.05) is 32.9 Å². The topological polar surface area (TPSA) is 83.1 Å². The third-order valence-corrected chi connectivity index (χ3v) is 10.4. The van der Waals surface area contributed by atoms with Gasteiger partial charge in [-0.25, -0.2) is 4.79 Å². The number of ether oxygens (including phenoxy) is 2. The van der Waals surface area contributed by atoms with Gasteiger partial charge in [0.15, 0.2) is 0 Å². The van der Waals surface area contributed by atoms with E-state index in [1.165, 1.54) is 12.0 Å². The second-order valence-corrected chi connectivity index (χ2v) is 14.7. The summed E-state index contributed by atoms with van der Waals surface area (Å²) < 4.78 is 12.0. The lowest BCUT2D eigenvalue weighted by Crippen LogP contribution is -2.54. The number of hydrogen-bond acceptors (Lipinski definition) is 8. The number of nitrogens with zero attached hydrogens (tertiary/aromatic N) is 5. The van der Waals surface area contributed by atoms with E-state index in [0.29, 0.717) is 37.0 Å².